The summed E-state index contributed by atoms with van der Waals surface area (Å²) in [7, 11) is 0. The molecule has 14 heteroatoms. The molecule has 0 spiro atoms. The first-order valence-electron chi connectivity index (χ1n) is 8.03. The zero-order valence-electron chi connectivity index (χ0n) is 15.0. The van der Waals surface area contributed by atoms with Gasteiger partial charge in [0.05, 0.1) is 26.4 Å². The van der Waals surface area contributed by atoms with Gasteiger partial charge in [-0.3, -0.25) is 4.57 Å². The number of aliphatic hydroxyl groups is 4. The molecule has 1 fully saturated rings. The Morgan fingerprint density at radius 2 is 1.89 bits per heavy atom. The molecule has 1 saturated heterocycles. The van der Waals surface area contributed by atoms with E-state index in [1.165, 1.54) is 12.3 Å². The summed E-state index contributed by atoms with van der Waals surface area (Å²) in [6, 6.07) is 1.37. The van der Waals surface area contributed by atoms with Crippen LogP contribution in [0.4, 0.5) is 10.6 Å². The predicted molar refractivity (Wildman–Crippen MR) is 95.1 cm³/mol. The van der Waals surface area contributed by atoms with Crippen LogP contribution in [0, 0.1) is 0 Å². The van der Waals surface area contributed by atoms with Crippen molar-refractivity contribution in [3.8, 4) is 0 Å². The lowest BCUT2D eigenvalue weighted by molar-refractivity contribution is -0.0549. The Labute approximate surface area is 159 Å². The first-order chi connectivity index (χ1) is 13.2. The van der Waals surface area contributed by atoms with E-state index in [9.17, 15) is 15.0 Å². The minimum Gasteiger partial charge on any atom is -0.465 e. The molecule has 1 amide bonds. The molecule has 4 atom stereocenters. The highest BCUT2D eigenvalue weighted by molar-refractivity contribution is 5.61. The molecular weight excluding hydrogens is 382 g/mol. The number of hydrogen-bond donors (Lipinski definition) is 8. The molecular formula is C14H27N5O9. The van der Waals surface area contributed by atoms with Crippen molar-refractivity contribution >= 4 is 11.9 Å². The lowest BCUT2D eigenvalue weighted by atomic mass is 10.1. The maximum Gasteiger partial charge on any atom is 0.402 e. The van der Waals surface area contributed by atoms with Crippen LogP contribution in [0.5, 0.6) is 0 Å². The average Bonchev–Trinajstić information content (AvgIpc) is 2.90. The first-order valence-corrected chi connectivity index (χ1v) is 8.03. The summed E-state index contributed by atoms with van der Waals surface area (Å²) >= 11 is 0. The van der Waals surface area contributed by atoms with Gasteiger partial charge < -0.3 is 52.2 Å². The maximum atomic E-state index is 11.5. The second kappa shape index (κ2) is 13.8. The lowest BCUT2D eigenvalue weighted by Crippen LogP contribution is -2.36. The Morgan fingerprint density at radius 3 is 2.32 bits per heavy atom. The van der Waals surface area contributed by atoms with Gasteiger partial charge in [0.2, 0.25) is 0 Å². The Balaban J connectivity index is 0.000000553. The summed E-state index contributed by atoms with van der Waals surface area (Å²) in [5.41, 5.74) is 13.7. The molecule has 0 bridgehead atoms. The standard InChI is InChI=1S/C9H13N3O5.C4H11NO2.CH3NO2/c10-5-1-2-12(9(16)11-5)8-7(15)6(14)4(3-13)17-8;5-1-3-7-4-2-6;2-1(3)4/h1-2,4,6-8,13-15H,3H2,(H2,10,11,16);6H,1-5H2;2H2,(H,3,4)/t4-,6-,7+,8-;;/m1../s1. The molecule has 0 radical (unpaired) electrons. The van der Waals surface area contributed by atoms with Crippen molar-refractivity contribution in [3.05, 3.63) is 22.7 Å². The van der Waals surface area contributed by atoms with E-state index in [0.29, 0.717) is 19.8 Å². The van der Waals surface area contributed by atoms with Crippen LogP contribution in [0.1, 0.15) is 6.23 Å². The van der Waals surface area contributed by atoms with Gasteiger partial charge in [0, 0.05) is 12.7 Å². The average molecular weight is 409 g/mol. The van der Waals surface area contributed by atoms with E-state index in [1.807, 2.05) is 0 Å². The molecule has 14 nitrogen and oxygen atoms in total. The van der Waals surface area contributed by atoms with Crippen molar-refractivity contribution in [1.82, 2.24) is 9.55 Å². The van der Waals surface area contributed by atoms with E-state index < -0.39 is 42.9 Å². The van der Waals surface area contributed by atoms with Crippen LogP contribution in [0.3, 0.4) is 0 Å². The highest BCUT2D eigenvalue weighted by atomic mass is 16.6. The van der Waals surface area contributed by atoms with Crippen molar-refractivity contribution in [2.45, 2.75) is 24.5 Å². The number of nitrogens with two attached hydrogens (primary N) is 3. The predicted octanol–water partition coefficient (Wildman–Crippen LogP) is -3.99. The molecule has 162 valence electrons. The molecule has 0 unspecified atom stereocenters. The van der Waals surface area contributed by atoms with Crippen molar-refractivity contribution in [1.29, 1.82) is 0 Å². The fraction of sp³-hybridized carbons (Fsp3) is 0.643. The van der Waals surface area contributed by atoms with Gasteiger partial charge in [0.15, 0.2) is 6.23 Å². The third-order valence-electron chi connectivity index (χ3n) is 3.14. The summed E-state index contributed by atoms with van der Waals surface area (Å²) in [6.07, 6.45) is -4.60. The number of nitrogens with zero attached hydrogens (tertiary/aromatic N) is 2. The third-order valence-corrected chi connectivity index (χ3v) is 3.14. The van der Waals surface area contributed by atoms with E-state index in [0.717, 1.165) is 4.57 Å². The minimum absolute atomic E-state index is 0.0537. The smallest absolute Gasteiger partial charge is 0.402 e. The van der Waals surface area contributed by atoms with Crippen LogP contribution >= 0.6 is 0 Å². The number of carbonyl (C=O) groups is 1. The maximum absolute atomic E-state index is 11.5. The molecule has 0 aliphatic carbocycles. The lowest BCUT2D eigenvalue weighted by Gasteiger charge is -2.16. The first kappa shape index (κ1) is 25.7. The SMILES string of the molecule is NC(=O)O.NCCOCCO.Nc1ccn([C@@H]2O[C@H](CO)[C@@H](O)[C@@H]2O)c(=O)n1. The summed E-state index contributed by atoms with van der Waals surface area (Å²) in [5.74, 6) is 0.0537. The van der Waals surface area contributed by atoms with Crippen molar-refractivity contribution in [2.75, 3.05) is 38.7 Å². The van der Waals surface area contributed by atoms with E-state index >= 15 is 0 Å². The number of ether oxygens (including phenoxy) is 2. The van der Waals surface area contributed by atoms with E-state index in [2.05, 4.69) is 10.7 Å². The van der Waals surface area contributed by atoms with Gasteiger partial charge in [0.25, 0.3) is 0 Å². The molecule has 2 rings (SSSR count). The van der Waals surface area contributed by atoms with Crippen molar-refractivity contribution in [2.24, 2.45) is 11.5 Å². The van der Waals surface area contributed by atoms with Crippen LogP contribution in [-0.4, -0.2) is 92.5 Å². The number of amides is 1. The van der Waals surface area contributed by atoms with E-state index in [4.69, 9.17) is 41.1 Å². The summed E-state index contributed by atoms with van der Waals surface area (Å²) in [6.45, 7) is 1.10. The highest BCUT2D eigenvalue weighted by Gasteiger charge is 2.43. The van der Waals surface area contributed by atoms with Crippen LogP contribution in [0.2, 0.25) is 0 Å². The van der Waals surface area contributed by atoms with Gasteiger partial charge in [-0.2, -0.15) is 4.98 Å². The third kappa shape index (κ3) is 9.05. The Morgan fingerprint density at radius 1 is 1.29 bits per heavy atom. The van der Waals surface area contributed by atoms with Crippen molar-refractivity contribution in [3.63, 3.8) is 0 Å². The number of aliphatic hydroxyl groups excluding tert-OH is 4. The fourth-order valence-electron chi connectivity index (χ4n) is 1.98. The van der Waals surface area contributed by atoms with Crippen LogP contribution in [-0.2, 0) is 9.47 Å². The molecule has 2 heterocycles. The monoisotopic (exact) mass is 409 g/mol. The summed E-state index contributed by atoms with van der Waals surface area (Å²) in [5, 5.41) is 43.5. The Hall–Kier alpha value is -2.33. The molecule has 28 heavy (non-hydrogen) atoms. The molecule has 1 aromatic rings. The fourth-order valence-corrected chi connectivity index (χ4v) is 1.98. The number of hydrogen-bond acceptors (Lipinski definition) is 11. The minimum atomic E-state index is -1.33. The van der Waals surface area contributed by atoms with Crippen LogP contribution in [0.25, 0.3) is 0 Å². The number of rotatable bonds is 6. The normalized spacial score (nSPS) is 23.2. The Bertz CT molecular complexity index is 621. The molecule has 11 N–H and O–H groups in total. The quantitative estimate of drug-likeness (QED) is 0.209. The number of aromatic nitrogens is 2. The Kier molecular flexibility index (Phi) is 12.6. The highest BCUT2D eigenvalue weighted by Crippen LogP contribution is 2.27. The number of anilines is 1. The molecule has 1 aromatic heterocycles. The van der Waals surface area contributed by atoms with Gasteiger partial charge in [-0.05, 0) is 6.07 Å². The van der Waals surface area contributed by atoms with E-state index in [-0.39, 0.29) is 12.4 Å². The van der Waals surface area contributed by atoms with Crippen molar-refractivity contribution < 1.29 is 39.8 Å². The van der Waals surface area contributed by atoms with Gasteiger partial charge in [-0.1, -0.05) is 0 Å². The van der Waals surface area contributed by atoms with Gasteiger partial charge in [0.1, 0.15) is 24.1 Å². The molecule has 0 saturated carbocycles. The molecule has 1 aliphatic heterocycles. The largest absolute Gasteiger partial charge is 0.465 e. The van der Waals surface area contributed by atoms with Gasteiger partial charge in [-0.25, -0.2) is 9.59 Å². The van der Waals surface area contributed by atoms with E-state index in [1.54, 1.807) is 0 Å². The van der Waals surface area contributed by atoms with Crippen LogP contribution < -0.4 is 22.9 Å². The topological polar surface area (TPSA) is 250 Å². The summed E-state index contributed by atoms with van der Waals surface area (Å²) < 4.78 is 10.9. The second-order valence-corrected chi connectivity index (χ2v) is 5.23. The van der Waals surface area contributed by atoms with Gasteiger partial charge >= 0.3 is 11.8 Å². The number of nitrogen functional groups attached to an aromatic ring is 1. The van der Waals surface area contributed by atoms with Gasteiger partial charge in [-0.15, -0.1) is 0 Å². The summed E-state index contributed by atoms with van der Waals surface area (Å²) in [4.78, 5) is 23.8. The zero-order valence-corrected chi connectivity index (χ0v) is 15.0. The zero-order chi connectivity index (χ0) is 21.7. The van der Waals surface area contributed by atoms with Crippen LogP contribution in [0.15, 0.2) is 17.1 Å². The molecule has 1 aliphatic rings. The number of primary amides is 1. The molecule has 0 aromatic carbocycles. The second-order valence-electron chi connectivity index (χ2n) is 5.23. The number of carboxylic acid groups (broad SMARTS) is 1.